The maximum absolute atomic E-state index is 12.2. The summed E-state index contributed by atoms with van der Waals surface area (Å²) in [4.78, 5) is 36.5. The van der Waals surface area contributed by atoms with Gasteiger partial charge in [0.05, 0.1) is 12.2 Å². The summed E-state index contributed by atoms with van der Waals surface area (Å²) in [6.45, 7) is -0.393. The molecule has 1 unspecified atom stereocenters. The number of anilines is 1. The zero-order valence-corrected chi connectivity index (χ0v) is 13.8. The Labute approximate surface area is 139 Å². The molecule has 1 heterocycles. The molecule has 2 rings (SSSR count). The van der Waals surface area contributed by atoms with Crippen LogP contribution in [0.2, 0.25) is 0 Å². The standard InChI is InChI=1S/C15H18N3O5P/c1-17(11-14(19)18(20)13-7-3-2-4-8-13)15(24(21,22)23)12-6-5-9-16-10-12/h2-10,15,20H,11H2,1H3,(H2,21,22,23). The van der Waals surface area contributed by atoms with Crippen molar-refractivity contribution >= 4 is 19.2 Å². The number of amides is 1. The van der Waals surface area contributed by atoms with E-state index in [1.807, 2.05) is 0 Å². The monoisotopic (exact) mass is 351 g/mol. The SMILES string of the molecule is CN(CC(=O)N(O)c1ccccc1)C(c1cccnc1)P(=O)(O)O. The first kappa shape index (κ1) is 18.3. The number of likely N-dealkylation sites (N-methyl/N-ethyl adjacent to an activating group) is 1. The Bertz CT molecular complexity index is 722. The quantitative estimate of drug-likeness (QED) is 0.411. The maximum Gasteiger partial charge on any atom is 0.347 e. The fourth-order valence-corrected chi connectivity index (χ4v) is 3.45. The van der Waals surface area contributed by atoms with E-state index in [4.69, 9.17) is 0 Å². The topological polar surface area (TPSA) is 114 Å². The predicted octanol–water partition coefficient (Wildman–Crippen LogP) is 1.61. The predicted molar refractivity (Wildman–Crippen MR) is 87.4 cm³/mol. The van der Waals surface area contributed by atoms with Crippen LogP contribution in [0.5, 0.6) is 0 Å². The normalized spacial score (nSPS) is 12.9. The summed E-state index contributed by atoms with van der Waals surface area (Å²) in [5.41, 5.74) is 0.551. The van der Waals surface area contributed by atoms with E-state index in [0.717, 1.165) is 0 Å². The molecule has 0 spiro atoms. The summed E-state index contributed by atoms with van der Waals surface area (Å²) in [6, 6.07) is 11.2. The fraction of sp³-hybridized carbons (Fsp3) is 0.200. The minimum Gasteiger partial charge on any atom is -0.323 e. The van der Waals surface area contributed by atoms with Crippen LogP contribution in [0.4, 0.5) is 5.69 Å². The number of rotatable bonds is 6. The highest BCUT2D eigenvalue weighted by molar-refractivity contribution is 7.52. The zero-order chi connectivity index (χ0) is 17.7. The molecule has 1 atom stereocenters. The van der Waals surface area contributed by atoms with Gasteiger partial charge in [-0.3, -0.25) is 24.5 Å². The number of carbonyl (C=O) groups is 1. The highest BCUT2D eigenvalue weighted by Crippen LogP contribution is 2.52. The summed E-state index contributed by atoms with van der Waals surface area (Å²) in [6.07, 6.45) is 2.81. The molecule has 9 heteroatoms. The second-order valence-electron chi connectivity index (χ2n) is 5.21. The molecule has 3 N–H and O–H groups in total. The second kappa shape index (κ2) is 7.65. The first-order valence-corrected chi connectivity index (χ1v) is 8.71. The van der Waals surface area contributed by atoms with E-state index in [9.17, 15) is 24.4 Å². The molecular formula is C15H18N3O5P. The summed E-state index contributed by atoms with van der Waals surface area (Å²) >= 11 is 0. The number of aromatic nitrogens is 1. The molecule has 0 aliphatic rings. The second-order valence-corrected chi connectivity index (χ2v) is 6.87. The van der Waals surface area contributed by atoms with Gasteiger partial charge in [-0.1, -0.05) is 24.3 Å². The Morgan fingerprint density at radius 2 is 1.88 bits per heavy atom. The molecule has 0 saturated carbocycles. The van der Waals surface area contributed by atoms with Crippen LogP contribution in [0.3, 0.4) is 0 Å². The van der Waals surface area contributed by atoms with Crippen molar-refractivity contribution in [1.82, 2.24) is 9.88 Å². The van der Waals surface area contributed by atoms with Gasteiger partial charge in [-0.15, -0.1) is 0 Å². The van der Waals surface area contributed by atoms with Gasteiger partial charge in [0.2, 0.25) is 0 Å². The van der Waals surface area contributed by atoms with Crippen LogP contribution in [0.15, 0.2) is 54.9 Å². The highest BCUT2D eigenvalue weighted by atomic mass is 31.2. The number of hydroxylamine groups is 1. The first-order valence-electron chi connectivity index (χ1n) is 7.03. The molecule has 2 aromatic rings. The van der Waals surface area contributed by atoms with E-state index < -0.39 is 25.8 Å². The molecule has 0 radical (unpaired) electrons. The number of hydrogen-bond donors (Lipinski definition) is 3. The number of pyridine rings is 1. The molecule has 0 saturated heterocycles. The number of carbonyl (C=O) groups excluding carboxylic acids is 1. The number of hydrogen-bond acceptors (Lipinski definition) is 5. The van der Waals surface area contributed by atoms with Crippen molar-refractivity contribution < 1.29 is 24.4 Å². The van der Waals surface area contributed by atoms with Crippen LogP contribution in [0.1, 0.15) is 11.3 Å². The van der Waals surface area contributed by atoms with Gasteiger partial charge in [0, 0.05) is 12.4 Å². The fourth-order valence-electron chi connectivity index (χ4n) is 2.31. The van der Waals surface area contributed by atoms with Crippen LogP contribution < -0.4 is 5.06 Å². The van der Waals surface area contributed by atoms with Crippen molar-refractivity contribution in [3.05, 3.63) is 60.4 Å². The van der Waals surface area contributed by atoms with E-state index in [1.165, 1.54) is 30.4 Å². The van der Waals surface area contributed by atoms with Gasteiger partial charge in [0.15, 0.2) is 0 Å². The van der Waals surface area contributed by atoms with Crippen molar-refractivity contribution in [2.45, 2.75) is 5.78 Å². The number of nitrogens with zero attached hydrogens (tertiary/aromatic N) is 3. The van der Waals surface area contributed by atoms with Gasteiger partial charge in [0.25, 0.3) is 5.91 Å². The Morgan fingerprint density at radius 3 is 2.42 bits per heavy atom. The zero-order valence-electron chi connectivity index (χ0n) is 12.9. The van der Waals surface area contributed by atoms with E-state index >= 15 is 0 Å². The van der Waals surface area contributed by atoms with Gasteiger partial charge in [-0.2, -0.15) is 5.06 Å². The molecule has 1 aromatic carbocycles. The minimum atomic E-state index is -4.58. The summed E-state index contributed by atoms with van der Waals surface area (Å²) in [7, 11) is -3.18. The van der Waals surface area contributed by atoms with Crippen molar-refractivity contribution in [3.63, 3.8) is 0 Å². The van der Waals surface area contributed by atoms with Gasteiger partial charge >= 0.3 is 7.60 Å². The van der Waals surface area contributed by atoms with Crippen molar-refractivity contribution in [2.24, 2.45) is 0 Å². The Hall–Kier alpha value is -2.09. The average molecular weight is 351 g/mol. The Balaban J connectivity index is 2.18. The average Bonchev–Trinajstić information content (AvgIpc) is 2.54. The molecule has 0 aliphatic carbocycles. The smallest absolute Gasteiger partial charge is 0.323 e. The van der Waals surface area contributed by atoms with Gasteiger partial charge < -0.3 is 9.79 Å². The van der Waals surface area contributed by atoms with E-state index in [2.05, 4.69) is 4.98 Å². The minimum absolute atomic E-state index is 0.269. The molecule has 0 aliphatic heterocycles. The molecule has 0 bridgehead atoms. The third-order valence-corrected chi connectivity index (χ3v) is 4.67. The van der Waals surface area contributed by atoms with E-state index in [-0.39, 0.29) is 11.3 Å². The lowest BCUT2D eigenvalue weighted by Gasteiger charge is -2.29. The van der Waals surface area contributed by atoms with Crippen molar-refractivity contribution in [2.75, 3.05) is 18.7 Å². The third-order valence-electron chi connectivity index (χ3n) is 3.34. The lowest BCUT2D eigenvalue weighted by atomic mass is 10.2. The molecule has 8 nitrogen and oxygen atoms in total. The Morgan fingerprint density at radius 1 is 1.21 bits per heavy atom. The molecule has 1 amide bonds. The van der Waals surface area contributed by atoms with Crippen molar-refractivity contribution in [3.8, 4) is 0 Å². The summed E-state index contributed by atoms with van der Waals surface area (Å²) < 4.78 is 11.8. The summed E-state index contributed by atoms with van der Waals surface area (Å²) in [5.74, 6) is -2.05. The lowest BCUT2D eigenvalue weighted by molar-refractivity contribution is -0.124. The van der Waals surface area contributed by atoms with Gasteiger partial charge in [-0.25, -0.2) is 0 Å². The van der Waals surface area contributed by atoms with Crippen LogP contribution >= 0.6 is 7.60 Å². The molecular weight excluding hydrogens is 333 g/mol. The lowest BCUT2D eigenvalue weighted by Crippen LogP contribution is -2.38. The molecule has 0 fully saturated rings. The first-order chi connectivity index (χ1) is 11.3. The van der Waals surface area contributed by atoms with Crippen LogP contribution in [-0.4, -0.2) is 44.4 Å². The summed E-state index contributed by atoms with van der Waals surface area (Å²) in [5, 5.41) is 10.4. The largest absolute Gasteiger partial charge is 0.347 e. The number of benzene rings is 1. The van der Waals surface area contributed by atoms with Crippen LogP contribution in [-0.2, 0) is 9.36 Å². The van der Waals surface area contributed by atoms with Crippen LogP contribution in [0.25, 0.3) is 0 Å². The number of para-hydroxylation sites is 1. The maximum atomic E-state index is 12.2. The van der Waals surface area contributed by atoms with Crippen molar-refractivity contribution in [1.29, 1.82) is 0 Å². The third kappa shape index (κ3) is 4.47. The van der Waals surface area contributed by atoms with Gasteiger partial charge in [-0.05, 0) is 30.8 Å². The van der Waals surface area contributed by atoms with Crippen LogP contribution in [0, 0.1) is 0 Å². The van der Waals surface area contributed by atoms with E-state index in [1.54, 1.807) is 36.4 Å². The molecule has 24 heavy (non-hydrogen) atoms. The molecule has 1 aromatic heterocycles. The highest BCUT2D eigenvalue weighted by Gasteiger charge is 2.35. The van der Waals surface area contributed by atoms with E-state index in [0.29, 0.717) is 5.06 Å². The Kier molecular flexibility index (Phi) is 5.82. The van der Waals surface area contributed by atoms with Gasteiger partial charge in [0.1, 0.15) is 5.78 Å². The molecule has 128 valence electrons.